The van der Waals surface area contributed by atoms with Crippen molar-refractivity contribution >= 4 is 16.6 Å². The van der Waals surface area contributed by atoms with Crippen LogP contribution in [0, 0.1) is 17.0 Å². The molecule has 3 N–H and O–H groups in total. The zero-order valence-corrected chi connectivity index (χ0v) is 16.7. The summed E-state index contributed by atoms with van der Waals surface area (Å²) >= 11 is 0. The predicted octanol–water partition coefficient (Wildman–Crippen LogP) is 3.42. The van der Waals surface area contributed by atoms with Crippen LogP contribution in [0.25, 0.3) is 16.6 Å². The van der Waals surface area contributed by atoms with Gasteiger partial charge in [-0.2, -0.15) is 0 Å². The normalized spacial score (nSPS) is 12.3. The van der Waals surface area contributed by atoms with E-state index in [4.69, 9.17) is 4.74 Å². The number of phenols is 1. The number of benzene rings is 2. The molecule has 0 radical (unpaired) electrons. The standard InChI is InChI=1S/C21H25N3O5/c1-4-14(12-25)22-11-18-19(26)10-9-17-20(24(27)28)13(2)23(21(17)18)15-5-7-16(29-3)8-6-15/h5-10,14,22,25-26H,4,11-12H2,1-3H3/t14-/m0/s1. The smallest absolute Gasteiger partial charge is 0.298 e. The Bertz CT molecular complexity index is 1020. The maximum atomic E-state index is 11.8. The maximum absolute atomic E-state index is 11.8. The molecule has 0 aliphatic carbocycles. The van der Waals surface area contributed by atoms with Crippen LogP contribution in [-0.2, 0) is 6.54 Å². The largest absolute Gasteiger partial charge is 0.508 e. The molecule has 1 heterocycles. The number of aromatic nitrogens is 1. The van der Waals surface area contributed by atoms with E-state index >= 15 is 0 Å². The van der Waals surface area contributed by atoms with Crippen molar-refractivity contribution in [2.75, 3.05) is 13.7 Å². The number of nitrogens with one attached hydrogen (secondary N) is 1. The second-order valence-corrected chi connectivity index (χ2v) is 6.85. The highest BCUT2D eigenvalue weighted by Gasteiger charge is 2.27. The Hall–Kier alpha value is -3.10. The number of fused-ring (bicyclic) bond motifs is 1. The van der Waals surface area contributed by atoms with E-state index in [1.54, 1.807) is 36.8 Å². The number of nitrogens with zero attached hydrogens (tertiary/aromatic N) is 2. The molecule has 1 atom stereocenters. The van der Waals surface area contributed by atoms with Gasteiger partial charge in [0.05, 0.1) is 35.2 Å². The molecular weight excluding hydrogens is 374 g/mol. The van der Waals surface area contributed by atoms with Gasteiger partial charge in [0.25, 0.3) is 5.69 Å². The lowest BCUT2D eigenvalue weighted by molar-refractivity contribution is -0.383. The molecular formula is C21H25N3O5. The summed E-state index contributed by atoms with van der Waals surface area (Å²) in [4.78, 5) is 11.4. The number of ether oxygens (including phenoxy) is 1. The summed E-state index contributed by atoms with van der Waals surface area (Å²) in [7, 11) is 1.57. The Labute approximate surface area is 168 Å². The van der Waals surface area contributed by atoms with E-state index in [9.17, 15) is 20.3 Å². The number of nitro groups is 1. The van der Waals surface area contributed by atoms with Gasteiger partial charge in [0.2, 0.25) is 0 Å². The van der Waals surface area contributed by atoms with Crippen LogP contribution >= 0.6 is 0 Å². The van der Waals surface area contributed by atoms with E-state index in [0.29, 0.717) is 34.3 Å². The number of aliphatic hydroxyl groups is 1. The molecule has 1 aromatic heterocycles. The van der Waals surface area contributed by atoms with Gasteiger partial charge in [-0.3, -0.25) is 10.1 Å². The van der Waals surface area contributed by atoms with Gasteiger partial charge < -0.3 is 24.8 Å². The third-order valence-electron chi connectivity index (χ3n) is 5.21. The molecule has 0 amide bonds. The monoisotopic (exact) mass is 399 g/mol. The van der Waals surface area contributed by atoms with Crippen molar-refractivity contribution in [3.63, 3.8) is 0 Å². The van der Waals surface area contributed by atoms with Gasteiger partial charge in [-0.25, -0.2) is 0 Å². The van der Waals surface area contributed by atoms with E-state index < -0.39 is 4.92 Å². The molecule has 29 heavy (non-hydrogen) atoms. The molecule has 8 heteroatoms. The number of phenolic OH excluding ortho intramolecular Hbond substituents is 1. The van der Waals surface area contributed by atoms with Crippen LogP contribution in [0.15, 0.2) is 36.4 Å². The van der Waals surface area contributed by atoms with Crippen molar-refractivity contribution < 1.29 is 19.9 Å². The van der Waals surface area contributed by atoms with E-state index in [1.165, 1.54) is 6.07 Å². The van der Waals surface area contributed by atoms with Crippen LogP contribution in [0.1, 0.15) is 24.6 Å². The highest BCUT2D eigenvalue weighted by molar-refractivity contribution is 5.96. The van der Waals surface area contributed by atoms with Crippen LogP contribution in [0.2, 0.25) is 0 Å². The molecule has 0 aliphatic rings. The molecule has 3 aromatic rings. The molecule has 0 saturated heterocycles. The second kappa shape index (κ2) is 8.50. The fraction of sp³-hybridized carbons (Fsp3) is 0.333. The molecule has 3 rings (SSSR count). The molecule has 0 unspecified atom stereocenters. The molecule has 2 aromatic carbocycles. The number of aliphatic hydroxyl groups excluding tert-OH is 1. The van der Waals surface area contributed by atoms with Crippen LogP contribution in [0.4, 0.5) is 5.69 Å². The summed E-state index contributed by atoms with van der Waals surface area (Å²) in [5.74, 6) is 0.718. The summed E-state index contributed by atoms with van der Waals surface area (Å²) < 4.78 is 6.99. The summed E-state index contributed by atoms with van der Waals surface area (Å²) in [6, 6.07) is 10.1. The Balaban J connectivity index is 2.26. The van der Waals surface area contributed by atoms with Crippen LogP contribution in [0.5, 0.6) is 11.5 Å². The molecule has 0 aliphatic heterocycles. The topological polar surface area (TPSA) is 110 Å². The number of aromatic hydroxyl groups is 1. The van der Waals surface area contributed by atoms with Crippen LogP contribution in [-0.4, -0.2) is 39.5 Å². The lowest BCUT2D eigenvalue weighted by Gasteiger charge is -2.17. The molecule has 8 nitrogen and oxygen atoms in total. The highest BCUT2D eigenvalue weighted by atomic mass is 16.6. The Kier molecular flexibility index (Phi) is 6.05. The third kappa shape index (κ3) is 3.76. The van der Waals surface area contributed by atoms with Gasteiger partial charge in [0.1, 0.15) is 11.5 Å². The number of hydrogen-bond donors (Lipinski definition) is 3. The van der Waals surface area contributed by atoms with E-state index in [0.717, 1.165) is 5.69 Å². The number of hydrogen-bond acceptors (Lipinski definition) is 6. The average Bonchev–Trinajstić information content (AvgIpc) is 3.02. The molecule has 154 valence electrons. The predicted molar refractivity (Wildman–Crippen MR) is 111 cm³/mol. The van der Waals surface area contributed by atoms with Gasteiger partial charge >= 0.3 is 0 Å². The van der Waals surface area contributed by atoms with Crippen molar-refractivity contribution in [2.45, 2.75) is 32.9 Å². The SMILES string of the molecule is CC[C@@H](CO)NCc1c(O)ccc2c([N+](=O)[O-])c(C)n(-c3ccc(OC)cc3)c12. The summed E-state index contributed by atoms with van der Waals surface area (Å²) in [5.41, 5.74) is 2.31. The van der Waals surface area contributed by atoms with E-state index in [1.807, 2.05) is 19.1 Å². The zero-order chi connectivity index (χ0) is 21.1. The fourth-order valence-corrected chi connectivity index (χ4v) is 3.58. The first kappa shape index (κ1) is 20.6. The third-order valence-corrected chi connectivity index (χ3v) is 5.21. The van der Waals surface area contributed by atoms with Gasteiger partial charge in [-0.15, -0.1) is 0 Å². The van der Waals surface area contributed by atoms with E-state index in [2.05, 4.69) is 5.32 Å². The lowest BCUT2D eigenvalue weighted by atomic mass is 10.1. The average molecular weight is 399 g/mol. The number of rotatable bonds is 8. The first-order valence-corrected chi connectivity index (χ1v) is 9.41. The van der Waals surface area contributed by atoms with Crippen molar-refractivity contribution in [3.05, 3.63) is 57.8 Å². The fourth-order valence-electron chi connectivity index (χ4n) is 3.58. The van der Waals surface area contributed by atoms with Gasteiger partial charge in [0.15, 0.2) is 0 Å². The molecule has 0 fully saturated rings. The van der Waals surface area contributed by atoms with Gasteiger partial charge in [0, 0.05) is 23.8 Å². The van der Waals surface area contributed by atoms with Gasteiger partial charge in [-0.1, -0.05) is 6.92 Å². The summed E-state index contributed by atoms with van der Waals surface area (Å²) in [5, 5.41) is 35.5. The number of methoxy groups -OCH3 is 1. The summed E-state index contributed by atoms with van der Waals surface area (Å²) in [6.07, 6.45) is 0.714. The van der Waals surface area contributed by atoms with E-state index in [-0.39, 0.29) is 30.6 Å². The van der Waals surface area contributed by atoms with Crippen molar-refractivity contribution in [1.82, 2.24) is 9.88 Å². The minimum atomic E-state index is -0.394. The molecule has 0 bridgehead atoms. The zero-order valence-electron chi connectivity index (χ0n) is 16.7. The Morgan fingerprint density at radius 3 is 2.48 bits per heavy atom. The molecule has 0 saturated carbocycles. The Morgan fingerprint density at radius 1 is 1.24 bits per heavy atom. The summed E-state index contributed by atoms with van der Waals surface area (Å²) in [6.45, 7) is 3.87. The first-order chi connectivity index (χ1) is 13.9. The highest BCUT2D eigenvalue weighted by Crippen LogP contribution is 2.39. The van der Waals surface area contributed by atoms with Crippen molar-refractivity contribution in [3.8, 4) is 17.2 Å². The first-order valence-electron chi connectivity index (χ1n) is 9.41. The minimum absolute atomic E-state index is 0.00580. The maximum Gasteiger partial charge on any atom is 0.298 e. The Morgan fingerprint density at radius 2 is 1.93 bits per heavy atom. The molecule has 0 spiro atoms. The minimum Gasteiger partial charge on any atom is -0.508 e. The van der Waals surface area contributed by atoms with Crippen LogP contribution < -0.4 is 10.1 Å². The van der Waals surface area contributed by atoms with Crippen LogP contribution in [0.3, 0.4) is 0 Å². The van der Waals surface area contributed by atoms with Gasteiger partial charge in [-0.05, 0) is 49.7 Å². The lowest BCUT2D eigenvalue weighted by Crippen LogP contribution is -2.31. The quantitative estimate of drug-likeness (QED) is 0.395. The van der Waals surface area contributed by atoms with Crippen molar-refractivity contribution in [2.24, 2.45) is 0 Å². The second-order valence-electron chi connectivity index (χ2n) is 6.85. The van der Waals surface area contributed by atoms with Crippen molar-refractivity contribution in [1.29, 1.82) is 0 Å².